The smallest absolute Gasteiger partial charge is 0.303 e. The molecule has 3 fully saturated rings. The van der Waals surface area contributed by atoms with Gasteiger partial charge in [-0.1, -0.05) is 35.4 Å². The highest BCUT2D eigenvalue weighted by molar-refractivity contribution is 5.68. The molecule has 0 saturated carbocycles. The van der Waals surface area contributed by atoms with Crippen molar-refractivity contribution < 1.29 is 71.3 Å². The molecule has 0 unspecified atom stereocenters. The first-order chi connectivity index (χ1) is 25.0. The fraction of sp³-hybridized carbons (Fsp3) is 0.529. The largest absolute Gasteiger partial charge is 0.497 e. The quantitative estimate of drug-likeness (QED) is 0.101. The third-order valence-corrected chi connectivity index (χ3v) is 8.12. The molecule has 3 aliphatic heterocycles. The lowest BCUT2D eigenvalue weighted by atomic mass is 9.94. The van der Waals surface area contributed by atoms with E-state index in [0.717, 1.165) is 27.7 Å². The van der Waals surface area contributed by atoms with E-state index >= 15 is 0 Å². The van der Waals surface area contributed by atoms with Gasteiger partial charge in [-0.05, 0) is 29.8 Å². The van der Waals surface area contributed by atoms with Crippen molar-refractivity contribution in [3.8, 4) is 11.5 Å². The van der Waals surface area contributed by atoms with Crippen LogP contribution in [0.4, 0.5) is 0 Å². The predicted molar refractivity (Wildman–Crippen MR) is 172 cm³/mol. The second-order valence-corrected chi connectivity index (χ2v) is 11.9. The SMILES string of the molecule is COc1ccc(O[C@@H]2O[C@@H]3CO[C@H](c4ccccc4)O[C@@H]3[C@H](O[C@@H]3O[C@H](COC(C)=O)[C@H](OC(C)=O)[C@H](OC(C)=O)[C@H]3OC(C)=O)[C@H]2N=[N+]=[N-])cc1. The zero-order valence-electron chi connectivity index (χ0n) is 28.9. The molecule has 0 aliphatic carbocycles. The van der Waals surface area contributed by atoms with Crippen molar-refractivity contribution in [2.24, 2.45) is 5.11 Å². The first kappa shape index (κ1) is 38.3. The zero-order valence-corrected chi connectivity index (χ0v) is 28.9. The highest BCUT2D eigenvalue weighted by Gasteiger charge is 2.57. The molecule has 3 aliphatic rings. The molecule has 18 nitrogen and oxygen atoms in total. The van der Waals surface area contributed by atoms with Crippen LogP contribution in [0.2, 0.25) is 0 Å². The summed E-state index contributed by atoms with van der Waals surface area (Å²) < 4.78 is 64.7. The van der Waals surface area contributed by atoms with Gasteiger partial charge >= 0.3 is 23.9 Å². The summed E-state index contributed by atoms with van der Waals surface area (Å²) in [6, 6.07) is 14.3. The van der Waals surface area contributed by atoms with E-state index in [4.69, 9.17) is 52.1 Å². The Labute approximate surface area is 298 Å². The maximum Gasteiger partial charge on any atom is 0.303 e. The van der Waals surface area contributed by atoms with E-state index in [0.29, 0.717) is 17.1 Å². The molecule has 52 heavy (non-hydrogen) atoms. The summed E-state index contributed by atoms with van der Waals surface area (Å²) in [5.41, 5.74) is 10.4. The molecule has 0 aromatic heterocycles. The average Bonchev–Trinajstić information content (AvgIpc) is 3.11. The van der Waals surface area contributed by atoms with E-state index < -0.39 is 98.1 Å². The Morgan fingerprint density at radius 2 is 1.40 bits per heavy atom. The van der Waals surface area contributed by atoms with Gasteiger partial charge in [0.15, 0.2) is 30.9 Å². The zero-order chi connectivity index (χ0) is 37.4. The van der Waals surface area contributed by atoms with Gasteiger partial charge in [0, 0.05) is 38.2 Å². The highest BCUT2D eigenvalue weighted by Crippen LogP contribution is 2.40. The second kappa shape index (κ2) is 17.5. The molecule has 2 aromatic rings. The van der Waals surface area contributed by atoms with Crippen LogP contribution in [-0.4, -0.2) is 106 Å². The Morgan fingerprint density at radius 3 is 2.02 bits per heavy atom. The van der Waals surface area contributed by atoms with E-state index in [1.54, 1.807) is 48.5 Å². The summed E-state index contributed by atoms with van der Waals surface area (Å²) in [6.07, 6.45) is -12.8. The van der Waals surface area contributed by atoms with Crippen LogP contribution in [0.1, 0.15) is 39.5 Å². The second-order valence-electron chi connectivity index (χ2n) is 11.9. The number of azide groups is 1. The summed E-state index contributed by atoms with van der Waals surface area (Å²) >= 11 is 0. The van der Waals surface area contributed by atoms with Gasteiger partial charge in [0.2, 0.25) is 6.29 Å². The number of carbonyl (C=O) groups is 4. The number of benzene rings is 2. The number of carbonyl (C=O) groups excluding carboxylic acids is 4. The molecule has 0 spiro atoms. The molecule has 3 heterocycles. The Hall–Kier alpha value is -4.97. The lowest BCUT2D eigenvalue weighted by Crippen LogP contribution is -2.67. The van der Waals surface area contributed by atoms with E-state index in [1.165, 1.54) is 7.11 Å². The standard InChI is InChI=1S/C34H39N3O15/c1-17(38)43-15-24-28(45-18(2)39)30(46-19(3)40)31(47-20(4)41)34(50-24)52-29-26(36-37-35)33(48-23-13-11-22(42-5)12-14-23)49-25-16-44-32(51-27(25)29)21-9-7-6-8-10-21/h6-14,24-34H,15-16H2,1-5H3/t24-,25-,26-,27+,28+,29-,30+,31-,32+,33-,34+/m1/s1. The van der Waals surface area contributed by atoms with Crippen molar-refractivity contribution >= 4 is 23.9 Å². The van der Waals surface area contributed by atoms with Crippen molar-refractivity contribution in [2.45, 2.75) is 95.3 Å². The number of methoxy groups -OCH3 is 1. The molecule has 0 N–H and O–H groups in total. The number of hydrogen-bond donors (Lipinski definition) is 0. The lowest BCUT2D eigenvalue weighted by molar-refractivity contribution is -0.370. The van der Waals surface area contributed by atoms with E-state index in [1.807, 2.05) is 6.07 Å². The molecular weight excluding hydrogens is 690 g/mol. The molecule has 3 saturated heterocycles. The number of ether oxygens (including phenoxy) is 11. The Balaban J connectivity index is 1.56. The minimum atomic E-state index is -1.64. The van der Waals surface area contributed by atoms with Gasteiger partial charge in [0.1, 0.15) is 48.6 Å². The molecule has 11 atom stereocenters. The maximum atomic E-state index is 12.5. The summed E-state index contributed by atoms with van der Waals surface area (Å²) in [6.45, 7) is 3.97. The molecule has 0 bridgehead atoms. The Kier molecular flexibility index (Phi) is 12.9. The van der Waals surface area contributed by atoms with Gasteiger partial charge in [-0.3, -0.25) is 19.2 Å². The van der Waals surface area contributed by atoms with Gasteiger partial charge in [-0.15, -0.1) is 0 Å². The van der Waals surface area contributed by atoms with Crippen LogP contribution in [0, 0.1) is 0 Å². The summed E-state index contributed by atoms with van der Waals surface area (Å²) in [5.74, 6) is -2.25. The molecule has 280 valence electrons. The third kappa shape index (κ3) is 9.47. The third-order valence-electron chi connectivity index (χ3n) is 8.12. The lowest BCUT2D eigenvalue weighted by Gasteiger charge is -2.50. The van der Waals surface area contributed by atoms with Gasteiger partial charge < -0.3 is 52.1 Å². The van der Waals surface area contributed by atoms with Crippen LogP contribution in [0.15, 0.2) is 59.7 Å². The van der Waals surface area contributed by atoms with Crippen molar-refractivity contribution in [1.82, 2.24) is 0 Å². The fourth-order valence-corrected chi connectivity index (χ4v) is 6.02. The predicted octanol–water partition coefficient (Wildman–Crippen LogP) is 3.06. The normalized spacial score (nSPS) is 31.1. The molecule has 5 rings (SSSR count). The number of rotatable bonds is 12. The first-order valence-electron chi connectivity index (χ1n) is 16.3. The van der Waals surface area contributed by atoms with Crippen molar-refractivity contribution in [3.05, 3.63) is 70.6 Å². The van der Waals surface area contributed by atoms with Gasteiger partial charge in [0.05, 0.1) is 13.7 Å². The van der Waals surface area contributed by atoms with Crippen LogP contribution in [0.25, 0.3) is 10.4 Å². The van der Waals surface area contributed by atoms with Crippen LogP contribution < -0.4 is 9.47 Å². The van der Waals surface area contributed by atoms with Crippen LogP contribution in [-0.2, 0) is 61.8 Å². The van der Waals surface area contributed by atoms with Crippen LogP contribution in [0.5, 0.6) is 11.5 Å². The van der Waals surface area contributed by atoms with Gasteiger partial charge in [-0.25, -0.2) is 0 Å². The minimum absolute atomic E-state index is 0.0197. The summed E-state index contributed by atoms with van der Waals surface area (Å²) in [7, 11) is 1.51. The summed E-state index contributed by atoms with van der Waals surface area (Å²) in [4.78, 5) is 52.0. The van der Waals surface area contributed by atoms with Crippen molar-refractivity contribution in [1.29, 1.82) is 0 Å². The average molecular weight is 730 g/mol. The van der Waals surface area contributed by atoms with Gasteiger partial charge in [-0.2, -0.15) is 0 Å². The summed E-state index contributed by atoms with van der Waals surface area (Å²) in [5, 5.41) is 3.99. The van der Waals surface area contributed by atoms with Gasteiger partial charge in [0.25, 0.3) is 0 Å². The molecule has 0 radical (unpaired) electrons. The Morgan fingerprint density at radius 1 is 0.769 bits per heavy atom. The molecule has 0 amide bonds. The maximum absolute atomic E-state index is 12.5. The first-order valence-corrected chi connectivity index (χ1v) is 16.3. The fourth-order valence-electron chi connectivity index (χ4n) is 6.02. The number of esters is 4. The number of hydrogen-bond acceptors (Lipinski definition) is 16. The van der Waals surface area contributed by atoms with Crippen molar-refractivity contribution in [2.75, 3.05) is 20.3 Å². The van der Waals surface area contributed by atoms with E-state index in [9.17, 15) is 24.7 Å². The monoisotopic (exact) mass is 729 g/mol. The molecular formula is C34H39N3O15. The minimum Gasteiger partial charge on any atom is -0.497 e. The van der Waals surface area contributed by atoms with Crippen molar-refractivity contribution in [3.63, 3.8) is 0 Å². The van der Waals surface area contributed by atoms with E-state index in [-0.39, 0.29) is 6.61 Å². The Bertz CT molecular complexity index is 1600. The highest BCUT2D eigenvalue weighted by atomic mass is 16.8. The number of fused-ring (bicyclic) bond motifs is 1. The number of nitrogens with zero attached hydrogens (tertiary/aromatic N) is 3. The van der Waals surface area contributed by atoms with Crippen LogP contribution in [0.3, 0.4) is 0 Å². The molecule has 2 aromatic carbocycles. The van der Waals surface area contributed by atoms with Crippen LogP contribution >= 0.6 is 0 Å². The van der Waals surface area contributed by atoms with E-state index in [2.05, 4.69) is 10.0 Å². The topological polar surface area (TPSA) is 219 Å². The molecule has 18 heteroatoms.